The molecule has 144 valence electrons. The highest BCUT2D eigenvalue weighted by Gasteiger charge is 2.61. The molecule has 0 radical (unpaired) electrons. The summed E-state index contributed by atoms with van der Waals surface area (Å²) in [4.78, 5) is 34.5. The van der Waals surface area contributed by atoms with Crippen molar-refractivity contribution in [2.24, 2.45) is 17.3 Å². The van der Waals surface area contributed by atoms with E-state index >= 15 is 0 Å². The maximum atomic E-state index is 13.1. The molecule has 0 spiro atoms. The van der Waals surface area contributed by atoms with Gasteiger partial charge >= 0.3 is 0 Å². The van der Waals surface area contributed by atoms with E-state index in [4.69, 9.17) is 11.6 Å². The molecule has 1 aromatic heterocycles. The Morgan fingerprint density at radius 3 is 2.70 bits per heavy atom. The monoisotopic (exact) mass is 387 g/mol. The van der Waals surface area contributed by atoms with Crippen LogP contribution in [-0.4, -0.2) is 27.3 Å². The second-order valence-corrected chi connectivity index (χ2v) is 8.53. The van der Waals surface area contributed by atoms with Gasteiger partial charge in [-0.1, -0.05) is 37.1 Å². The van der Waals surface area contributed by atoms with Crippen molar-refractivity contribution in [1.82, 2.24) is 14.9 Å². The third kappa shape index (κ3) is 3.79. The molecule has 1 amide bonds. The van der Waals surface area contributed by atoms with Crippen molar-refractivity contribution in [2.75, 3.05) is 6.54 Å². The lowest BCUT2D eigenvalue weighted by Gasteiger charge is -2.21. The van der Waals surface area contributed by atoms with Crippen LogP contribution in [0.15, 0.2) is 34.6 Å². The maximum Gasteiger partial charge on any atom is 0.258 e. The number of fused-ring (bicyclic) bond motifs is 1. The molecule has 0 bridgehead atoms. The first kappa shape index (κ1) is 19.6. The Kier molecular flexibility index (Phi) is 5.17. The number of amides is 1. The average molecular weight is 388 g/mol. The van der Waals surface area contributed by atoms with Gasteiger partial charge in [0.05, 0.1) is 23.4 Å². The molecule has 0 saturated heterocycles. The van der Waals surface area contributed by atoms with Crippen molar-refractivity contribution >= 4 is 28.4 Å². The van der Waals surface area contributed by atoms with Gasteiger partial charge in [-0.2, -0.15) is 0 Å². The molecule has 1 aromatic carbocycles. The van der Waals surface area contributed by atoms with Crippen molar-refractivity contribution in [3.05, 3.63) is 51.0 Å². The van der Waals surface area contributed by atoms with E-state index in [2.05, 4.69) is 43.7 Å². The molecule has 2 unspecified atom stereocenters. The lowest BCUT2D eigenvalue weighted by Crippen LogP contribution is -2.34. The van der Waals surface area contributed by atoms with Crippen LogP contribution in [0.5, 0.6) is 0 Å². The van der Waals surface area contributed by atoms with E-state index in [1.54, 1.807) is 23.1 Å². The molecule has 1 aliphatic rings. The number of H-pyrrole nitrogens is 1. The Morgan fingerprint density at radius 1 is 1.37 bits per heavy atom. The van der Waals surface area contributed by atoms with Gasteiger partial charge in [0.1, 0.15) is 5.82 Å². The van der Waals surface area contributed by atoms with Crippen molar-refractivity contribution in [1.29, 1.82) is 0 Å². The van der Waals surface area contributed by atoms with Gasteiger partial charge in [-0.3, -0.25) is 9.59 Å². The number of hydrogen-bond acceptors (Lipinski definition) is 3. The summed E-state index contributed by atoms with van der Waals surface area (Å²) in [6, 6.07) is 5.00. The van der Waals surface area contributed by atoms with Gasteiger partial charge in [-0.25, -0.2) is 4.98 Å². The SMILES string of the molecule is CCN(Cc1nc2cc(Cl)ccc2c(=O)[nH]1)C(=O)C1C(C=C(C)C)C1(C)C. The molecule has 1 saturated carbocycles. The molecule has 5 nitrogen and oxygen atoms in total. The number of hydrogen-bond donors (Lipinski definition) is 1. The van der Waals surface area contributed by atoms with Crippen LogP contribution in [0.25, 0.3) is 10.9 Å². The quantitative estimate of drug-likeness (QED) is 0.783. The lowest BCUT2D eigenvalue weighted by molar-refractivity contribution is -0.134. The summed E-state index contributed by atoms with van der Waals surface area (Å²) in [6.07, 6.45) is 2.19. The van der Waals surface area contributed by atoms with Crippen LogP contribution in [-0.2, 0) is 11.3 Å². The van der Waals surface area contributed by atoms with E-state index in [0.29, 0.717) is 28.3 Å². The first-order valence-corrected chi connectivity index (χ1v) is 9.65. The molecule has 1 N–H and O–H groups in total. The standard InChI is InChI=1S/C21H26ClN3O2/c1-6-25(20(27)18-15(9-12(2)3)21(18,4)5)11-17-23-16-10-13(22)7-8-14(16)19(26)24-17/h7-10,15,18H,6,11H2,1-5H3,(H,23,24,26). The van der Waals surface area contributed by atoms with Crippen molar-refractivity contribution in [3.8, 4) is 0 Å². The number of aromatic amines is 1. The van der Waals surface area contributed by atoms with Crippen LogP contribution < -0.4 is 5.56 Å². The smallest absolute Gasteiger partial charge is 0.258 e. The van der Waals surface area contributed by atoms with Gasteiger partial charge in [-0.05, 0) is 50.3 Å². The van der Waals surface area contributed by atoms with E-state index in [0.717, 1.165) is 0 Å². The predicted octanol–water partition coefficient (Wildman–Crippen LogP) is 4.16. The first-order chi connectivity index (χ1) is 12.6. The summed E-state index contributed by atoms with van der Waals surface area (Å²) in [5, 5.41) is 1.02. The zero-order chi connectivity index (χ0) is 19.9. The highest BCUT2D eigenvalue weighted by Crippen LogP contribution is 2.60. The van der Waals surface area contributed by atoms with E-state index in [1.807, 2.05) is 6.92 Å². The fourth-order valence-corrected chi connectivity index (χ4v) is 3.94. The highest BCUT2D eigenvalue weighted by molar-refractivity contribution is 6.31. The van der Waals surface area contributed by atoms with Crippen molar-refractivity contribution < 1.29 is 4.79 Å². The van der Waals surface area contributed by atoms with Crippen LogP contribution in [0.2, 0.25) is 5.02 Å². The fraction of sp³-hybridized carbons (Fsp3) is 0.476. The molecular weight excluding hydrogens is 362 g/mol. The minimum Gasteiger partial charge on any atom is -0.335 e. The van der Waals surface area contributed by atoms with E-state index in [1.165, 1.54) is 5.57 Å². The Labute approximate surface area is 164 Å². The number of nitrogens with zero attached hydrogens (tertiary/aromatic N) is 2. The Balaban J connectivity index is 1.85. The van der Waals surface area contributed by atoms with Gasteiger partial charge in [0.25, 0.3) is 5.56 Å². The highest BCUT2D eigenvalue weighted by atomic mass is 35.5. The molecule has 6 heteroatoms. The summed E-state index contributed by atoms with van der Waals surface area (Å²) < 4.78 is 0. The Morgan fingerprint density at radius 2 is 2.07 bits per heavy atom. The topological polar surface area (TPSA) is 66.1 Å². The Bertz CT molecular complexity index is 973. The number of carbonyl (C=O) groups excluding carboxylic acids is 1. The number of carbonyl (C=O) groups is 1. The van der Waals surface area contributed by atoms with Crippen molar-refractivity contribution in [3.63, 3.8) is 0 Å². The second kappa shape index (κ2) is 7.12. The summed E-state index contributed by atoms with van der Waals surface area (Å²) >= 11 is 6.02. The molecule has 2 atom stereocenters. The number of halogens is 1. The van der Waals surface area contributed by atoms with E-state index in [9.17, 15) is 9.59 Å². The third-order valence-electron chi connectivity index (χ3n) is 5.44. The molecule has 1 aliphatic carbocycles. The van der Waals surface area contributed by atoms with Gasteiger partial charge in [0.15, 0.2) is 0 Å². The van der Waals surface area contributed by atoms with Gasteiger partial charge in [0, 0.05) is 11.6 Å². The summed E-state index contributed by atoms with van der Waals surface area (Å²) in [7, 11) is 0. The number of allylic oxidation sites excluding steroid dienone is 2. The number of aromatic nitrogens is 2. The zero-order valence-corrected chi connectivity index (χ0v) is 17.2. The minimum absolute atomic E-state index is 0.0334. The molecule has 1 heterocycles. The predicted molar refractivity (Wildman–Crippen MR) is 109 cm³/mol. The lowest BCUT2D eigenvalue weighted by atomic mass is 10.1. The van der Waals surface area contributed by atoms with Crippen molar-refractivity contribution in [2.45, 2.75) is 41.2 Å². The molecule has 2 aromatic rings. The number of nitrogens with one attached hydrogen (secondary N) is 1. The van der Waals surface area contributed by atoms with Crippen LogP contribution in [0.4, 0.5) is 0 Å². The van der Waals surface area contributed by atoms with E-state index < -0.39 is 0 Å². The van der Waals surface area contributed by atoms with Gasteiger partial charge < -0.3 is 9.88 Å². The first-order valence-electron chi connectivity index (χ1n) is 9.27. The molecule has 1 fully saturated rings. The molecule has 3 rings (SSSR count). The second-order valence-electron chi connectivity index (χ2n) is 8.10. The van der Waals surface area contributed by atoms with Gasteiger partial charge in [0.2, 0.25) is 5.91 Å². The molecule has 0 aliphatic heterocycles. The largest absolute Gasteiger partial charge is 0.335 e. The van der Waals surface area contributed by atoms with Crippen LogP contribution in [0, 0.1) is 17.3 Å². The Hall–Kier alpha value is -2.14. The fourth-order valence-electron chi connectivity index (χ4n) is 3.78. The number of rotatable bonds is 5. The van der Waals surface area contributed by atoms with Crippen LogP contribution >= 0.6 is 11.6 Å². The van der Waals surface area contributed by atoms with Crippen LogP contribution in [0.3, 0.4) is 0 Å². The summed E-state index contributed by atoms with van der Waals surface area (Å²) in [5.41, 5.74) is 1.51. The number of benzene rings is 1. The van der Waals surface area contributed by atoms with Gasteiger partial charge in [-0.15, -0.1) is 0 Å². The molecule has 27 heavy (non-hydrogen) atoms. The average Bonchev–Trinajstić information content (AvgIpc) is 3.11. The summed E-state index contributed by atoms with van der Waals surface area (Å²) in [5.74, 6) is 0.807. The maximum absolute atomic E-state index is 13.1. The molecular formula is C21H26ClN3O2. The van der Waals surface area contributed by atoms with E-state index in [-0.39, 0.29) is 35.3 Å². The minimum atomic E-state index is -0.218. The summed E-state index contributed by atoms with van der Waals surface area (Å²) in [6.45, 7) is 11.2. The zero-order valence-electron chi connectivity index (χ0n) is 16.5. The third-order valence-corrected chi connectivity index (χ3v) is 5.68. The van der Waals surface area contributed by atoms with Crippen LogP contribution in [0.1, 0.15) is 40.4 Å². The normalized spacial score (nSPS) is 20.4.